The quantitative estimate of drug-likeness (QED) is 0.735. The van der Waals surface area contributed by atoms with Crippen molar-refractivity contribution in [2.45, 2.75) is 53.0 Å². The molecule has 0 heterocycles. The van der Waals surface area contributed by atoms with E-state index in [0.29, 0.717) is 0 Å². The van der Waals surface area contributed by atoms with Crippen LogP contribution in [-0.2, 0) is 10.0 Å². The third kappa shape index (κ3) is 6.86. The molecule has 0 fully saturated rings. The van der Waals surface area contributed by atoms with Gasteiger partial charge >= 0.3 is 0 Å². The molecule has 0 rings (SSSR count). The Kier molecular flexibility index (Phi) is 7.14. The van der Waals surface area contributed by atoms with Crippen molar-refractivity contribution in [3.63, 3.8) is 0 Å². The van der Waals surface area contributed by atoms with Crippen LogP contribution in [0.3, 0.4) is 0 Å². The number of halogens is 1. The molecule has 0 radical (unpaired) electrons. The van der Waals surface area contributed by atoms with Gasteiger partial charge in [-0.25, -0.2) is 13.1 Å². The highest BCUT2D eigenvalue weighted by molar-refractivity contribution is 9.09. The summed E-state index contributed by atoms with van der Waals surface area (Å²) >= 11 is 3.37. The van der Waals surface area contributed by atoms with Crippen molar-refractivity contribution in [1.29, 1.82) is 0 Å². The molecule has 1 N–H and O–H groups in total. The zero-order valence-electron chi connectivity index (χ0n) is 10.7. The lowest BCUT2D eigenvalue weighted by atomic mass is 9.86. The van der Waals surface area contributed by atoms with E-state index in [4.69, 9.17) is 0 Å². The van der Waals surface area contributed by atoms with Crippen molar-refractivity contribution in [2.75, 3.05) is 11.1 Å². The molecule has 0 aromatic carbocycles. The predicted molar refractivity (Wildman–Crippen MR) is 73.5 cm³/mol. The number of nitrogens with one attached hydrogen (secondary N) is 1. The average Bonchev–Trinajstić information content (AvgIpc) is 2.12. The SMILES string of the molecule is CCCCS(=O)(=O)NC(CCBr)C(C)(C)C. The van der Waals surface area contributed by atoms with Gasteiger partial charge in [0.25, 0.3) is 0 Å². The summed E-state index contributed by atoms with van der Waals surface area (Å²) in [5, 5.41) is 0.811. The molecule has 0 amide bonds. The first-order valence-corrected chi connectivity index (χ1v) is 8.56. The minimum Gasteiger partial charge on any atom is -0.212 e. The molecular weight excluding hydrogens is 290 g/mol. The number of hydrogen-bond acceptors (Lipinski definition) is 2. The van der Waals surface area contributed by atoms with Crippen LogP contribution < -0.4 is 4.72 Å². The number of rotatable bonds is 7. The summed E-state index contributed by atoms with van der Waals surface area (Å²) in [7, 11) is -3.12. The summed E-state index contributed by atoms with van der Waals surface area (Å²) in [6.45, 7) is 8.17. The van der Waals surface area contributed by atoms with E-state index in [-0.39, 0.29) is 17.2 Å². The Morgan fingerprint density at radius 3 is 2.25 bits per heavy atom. The van der Waals surface area contributed by atoms with Crippen molar-refractivity contribution in [3.8, 4) is 0 Å². The van der Waals surface area contributed by atoms with Crippen LogP contribution >= 0.6 is 15.9 Å². The summed E-state index contributed by atoms with van der Waals surface area (Å²) in [4.78, 5) is 0. The van der Waals surface area contributed by atoms with E-state index in [1.54, 1.807) is 0 Å². The van der Waals surface area contributed by atoms with Crippen molar-refractivity contribution < 1.29 is 8.42 Å². The van der Waals surface area contributed by atoms with E-state index in [2.05, 4.69) is 41.4 Å². The molecule has 0 aromatic heterocycles. The zero-order chi connectivity index (χ0) is 12.8. The number of sulfonamides is 1. The summed E-state index contributed by atoms with van der Waals surface area (Å²) in [5.74, 6) is 0.234. The van der Waals surface area contributed by atoms with E-state index in [1.165, 1.54) is 0 Å². The smallest absolute Gasteiger partial charge is 0.211 e. The van der Waals surface area contributed by atoms with Gasteiger partial charge < -0.3 is 0 Å². The van der Waals surface area contributed by atoms with Crippen molar-refractivity contribution in [3.05, 3.63) is 0 Å². The maximum atomic E-state index is 11.8. The van der Waals surface area contributed by atoms with Crippen molar-refractivity contribution in [1.82, 2.24) is 4.72 Å². The van der Waals surface area contributed by atoms with Crippen LogP contribution in [0.25, 0.3) is 0 Å². The van der Waals surface area contributed by atoms with Gasteiger partial charge in [0.2, 0.25) is 10.0 Å². The Hall–Kier alpha value is 0.390. The highest BCUT2D eigenvalue weighted by Gasteiger charge is 2.27. The van der Waals surface area contributed by atoms with Crippen LogP contribution in [0.4, 0.5) is 0 Å². The maximum absolute atomic E-state index is 11.8. The molecule has 0 saturated heterocycles. The van der Waals surface area contributed by atoms with E-state index in [9.17, 15) is 8.42 Å². The van der Waals surface area contributed by atoms with Crippen LogP contribution in [0.1, 0.15) is 47.0 Å². The molecule has 5 heteroatoms. The third-order valence-electron chi connectivity index (χ3n) is 2.53. The average molecular weight is 314 g/mol. The first-order chi connectivity index (χ1) is 7.23. The molecule has 0 aliphatic heterocycles. The monoisotopic (exact) mass is 313 g/mol. The van der Waals surface area contributed by atoms with Crippen LogP contribution in [0, 0.1) is 5.41 Å². The highest BCUT2D eigenvalue weighted by Crippen LogP contribution is 2.23. The number of hydrogen-bond donors (Lipinski definition) is 1. The Morgan fingerprint density at radius 1 is 1.31 bits per heavy atom. The topological polar surface area (TPSA) is 46.2 Å². The first kappa shape index (κ1) is 16.4. The van der Waals surface area contributed by atoms with Crippen molar-refractivity contribution >= 4 is 26.0 Å². The molecule has 0 saturated carbocycles. The molecule has 98 valence electrons. The second-order valence-electron chi connectivity index (χ2n) is 5.19. The Bertz CT molecular complexity index is 283. The second-order valence-corrected chi connectivity index (χ2v) is 7.85. The molecule has 0 bridgehead atoms. The number of alkyl halides is 1. The summed E-state index contributed by atoms with van der Waals surface area (Å²) in [6, 6.07) is -0.00580. The molecule has 0 aliphatic rings. The minimum absolute atomic E-state index is 0.00580. The van der Waals surface area contributed by atoms with Crippen LogP contribution in [0.2, 0.25) is 0 Å². The normalized spacial score (nSPS) is 15.1. The fraction of sp³-hybridized carbons (Fsp3) is 1.00. The van der Waals surface area contributed by atoms with Gasteiger partial charge in [0.15, 0.2) is 0 Å². The zero-order valence-corrected chi connectivity index (χ0v) is 13.1. The fourth-order valence-corrected chi connectivity index (χ4v) is 3.54. The molecule has 1 unspecified atom stereocenters. The summed E-state index contributed by atoms with van der Waals surface area (Å²) in [5.41, 5.74) is -0.0486. The van der Waals surface area contributed by atoms with Crippen LogP contribution in [-0.4, -0.2) is 25.5 Å². The van der Waals surface area contributed by atoms with Gasteiger partial charge in [-0.05, 0) is 18.3 Å². The molecule has 0 aromatic rings. The second kappa shape index (κ2) is 6.97. The Morgan fingerprint density at radius 2 is 1.88 bits per heavy atom. The van der Waals surface area contributed by atoms with Gasteiger partial charge in [0.05, 0.1) is 5.75 Å². The lowest BCUT2D eigenvalue weighted by molar-refractivity contribution is 0.293. The summed E-state index contributed by atoms with van der Waals surface area (Å²) < 4.78 is 26.4. The van der Waals surface area contributed by atoms with Gasteiger partial charge in [0, 0.05) is 11.4 Å². The molecule has 3 nitrogen and oxygen atoms in total. The standard InChI is InChI=1S/C11H24BrNO2S/c1-5-6-9-16(14,15)13-10(7-8-12)11(2,3)4/h10,13H,5-9H2,1-4H3. The Labute approximate surface area is 109 Å². The lowest BCUT2D eigenvalue weighted by Crippen LogP contribution is -2.44. The maximum Gasteiger partial charge on any atom is 0.211 e. The minimum atomic E-state index is -3.12. The Balaban J connectivity index is 4.50. The van der Waals surface area contributed by atoms with Gasteiger partial charge in [-0.3, -0.25) is 0 Å². The van der Waals surface area contributed by atoms with E-state index in [1.807, 2.05) is 6.92 Å². The molecule has 0 aliphatic carbocycles. The molecule has 16 heavy (non-hydrogen) atoms. The van der Waals surface area contributed by atoms with E-state index in [0.717, 1.165) is 24.6 Å². The molecule has 1 atom stereocenters. The first-order valence-electron chi connectivity index (χ1n) is 5.79. The highest BCUT2D eigenvalue weighted by atomic mass is 79.9. The van der Waals surface area contributed by atoms with Crippen LogP contribution in [0.15, 0.2) is 0 Å². The predicted octanol–water partition coefficient (Wildman–Crippen LogP) is 2.91. The lowest BCUT2D eigenvalue weighted by Gasteiger charge is -2.30. The van der Waals surface area contributed by atoms with E-state index >= 15 is 0 Å². The van der Waals surface area contributed by atoms with E-state index < -0.39 is 10.0 Å². The molecular formula is C11H24BrNO2S. The number of unbranched alkanes of at least 4 members (excludes halogenated alkanes) is 1. The van der Waals surface area contributed by atoms with Gasteiger partial charge in [-0.2, -0.15) is 0 Å². The fourth-order valence-electron chi connectivity index (χ4n) is 1.39. The largest absolute Gasteiger partial charge is 0.212 e. The van der Waals surface area contributed by atoms with Gasteiger partial charge in [0.1, 0.15) is 0 Å². The molecule has 0 spiro atoms. The van der Waals surface area contributed by atoms with Crippen LogP contribution in [0.5, 0.6) is 0 Å². The van der Waals surface area contributed by atoms with Gasteiger partial charge in [-0.1, -0.05) is 50.0 Å². The van der Waals surface area contributed by atoms with Crippen molar-refractivity contribution in [2.24, 2.45) is 5.41 Å². The summed E-state index contributed by atoms with van der Waals surface area (Å²) in [6.07, 6.45) is 2.44. The van der Waals surface area contributed by atoms with Gasteiger partial charge in [-0.15, -0.1) is 0 Å². The third-order valence-corrected chi connectivity index (χ3v) is 4.46.